The van der Waals surface area contributed by atoms with E-state index in [2.05, 4.69) is 23.9 Å². The maximum Gasteiger partial charge on any atom is 0.212 e. The Bertz CT molecular complexity index is 279. The third kappa shape index (κ3) is 10.4. The molecule has 0 saturated carbocycles. The number of hydrogen-bond acceptors (Lipinski definition) is 3. The van der Waals surface area contributed by atoms with Gasteiger partial charge in [-0.15, -0.1) is 0 Å². The summed E-state index contributed by atoms with van der Waals surface area (Å²) >= 11 is 0. The van der Waals surface area contributed by atoms with E-state index in [9.17, 15) is 8.42 Å². The van der Waals surface area contributed by atoms with Crippen LogP contribution in [0.25, 0.3) is 0 Å². The standard InChI is InChI=1S/C11H26N2O2S/c1-10(2)12-8-6-7-9-16(14,15)13-11(3,4)5/h10,12-13H,6-9H2,1-5H3. The summed E-state index contributed by atoms with van der Waals surface area (Å²) in [7, 11) is -3.12. The molecule has 5 heteroatoms. The van der Waals surface area contributed by atoms with Crippen molar-refractivity contribution < 1.29 is 8.42 Å². The van der Waals surface area contributed by atoms with Crippen LogP contribution in [0.15, 0.2) is 0 Å². The smallest absolute Gasteiger partial charge is 0.212 e. The molecule has 0 unspecified atom stereocenters. The molecule has 0 fully saturated rings. The van der Waals surface area contributed by atoms with Crippen molar-refractivity contribution in [2.45, 2.75) is 59.0 Å². The van der Waals surface area contributed by atoms with Crippen LogP contribution < -0.4 is 10.0 Å². The van der Waals surface area contributed by atoms with Gasteiger partial charge in [-0.1, -0.05) is 13.8 Å². The van der Waals surface area contributed by atoms with Gasteiger partial charge in [-0.25, -0.2) is 13.1 Å². The minimum atomic E-state index is -3.12. The summed E-state index contributed by atoms with van der Waals surface area (Å²) in [6.45, 7) is 10.6. The van der Waals surface area contributed by atoms with Crippen molar-refractivity contribution in [3.63, 3.8) is 0 Å². The molecule has 0 spiro atoms. The van der Waals surface area contributed by atoms with Crippen LogP contribution in [-0.2, 0) is 10.0 Å². The third-order valence-corrected chi connectivity index (χ3v) is 3.60. The molecule has 2 N–H and O–H groups in total. The average Bonchev–Trinajstić information content (AvgIpc) is 1.97. The lowest BCUT2D eigenvalue weighted by molar-refractivity contribution is 0.489. The number of nitrogens with one attached hydrogen (secondary N) is 2. The molecule has 98 valence electrons. The fraction of sp³-hybridized carbons (Fsp3) is 1.00. The first-order chi connectivity index (χ1) is 7.12. The van der Waals surface area contributed by atoms with E-state index in [4.69, 9.17) is 0 Å². The normalized spacial score (nSPS) is 13.4. The minimum absolute atomic E-state index is 0.212. The molecule has 0 aliphatic rings. The highest BCUT2D eigenvalue weighted by atomic mass is 32.2. The van der Waals surface area contributed by atoms with Crippen molar-refractivity contribution in [1.82, 2.24) is 10.0 Å². The Hall–Kier alpha value is -0.130. The maximum atomic E-state index is 11.6. The second-order valence-corrected chi connectivity index (χ2v) is 7.33. The van der Waals surface area contributed by atoms with E-state index in [1.807, 2.05) is 20.8 Å². The Morgan fingerprint density at radius 1 is 1.12 bits per heavy atom. The van der Waals surface area contributed by atoms with Gasteiger partial charge in [0, 0.05) is 11.6 Å². The molecule has 0 radical (unpaired) electrons. The van der Waals surface area contributed by atoms with Crippen molar-refractivity contribution in [3.05, 3.63) is 0 Å². The Morgan fingerprint density at radius 3 is 2.12 bits per heavy atom. The SMILES string of the molecule is CC(C)NCCCCS(=O)(=O)NC(C)(C)C. The lowest BCUT2D eigenvalue weighted by atomic mass is 10.1. The van der Waals surface area contributed by atoms with Gasteiger partial charge in [0.15, 0.2) is 0 Å². The van der Waals surface area contributed by atoms with Crippen LogP contribution in [-0.4, -0.2) is 32.3 Å². The van der Waals surface area contributed by atoms with Crippen molar-refractivity contribution in [1.29, 1.82) is 0 Å². The molecule has 0 bridgehead atoms. The number of hydrogen-bond donors (Lipinski definition) is 2. The Labute approximate surface area is 100 Å². The van der Waals surface area contributed by atoms with Gasteiger partial charge < -0.3 is 5.32 Å². The molecule has 0 aliphatic heterocycles. The maximum absolute atomic E-state index is 11.6. The molecule has 0 saturated heterocycles. The molecule has 16 heavy (non-hydrogen) atoms. The zero-order valence-electron chi connectivity index (χ0n) is 11.1. The molecule has 0 aromatic rings. The minimum Gasteiger partial charge on any atom is -0.315 e. The zero-order valence-corrected chi connectivity index (χ0v) is 11.9. The van der Waals surface area contributed by atoms with E-state index in [0.717, 1.165) is 13.0 Å². The van der Waals surface area contributed by atoms with E-state index < -0.39 is 10.0 Å². The van der Waals surface area contributed by atoms with Gasteiger partial charge in [-0.3, -0.25) is 0 Å². The highest BCUT2D eigenvalue weighted by Crippen LogP contribution is 2.04. The van der Waals surface area contributed by atoms with E-state index >= 15 is 0 Å². The third-order valence-electron chi connectivity index (χ3n) is 1.85. The molecule has 0 heterocycles. The highest BCUT2D eigenvalue weighted by Gasteiger charge is 2.18. The van der Waals surface area contributed by atoms with Crippen LogP contribution in [0.4, 0.5) is 0 Å². The number of unbranched alkanes of at least 4 members (excludes halogenated alkanes) is 1. The summed E-state index contributed by atoms with van der Waals surface area (Å²) in [4.78, 5) is 0. The van der Waals surface area contributed by atoms with Crippen LogP contribution in [0, 0.1) is 0 Å². The summed E-state index contributed by atoms with van der Waals surface area (Å²) in [6.07, 6.45) is 1.59. The van der Waals surface area contributed by atoms with Gasteiger partial charge in [-0.2, -0.15) is 0 Å². The molecule has 0 atom stereocenters. The van der Waals surface area contributed by atoms with E-state index in [1.54, 1.807) is 0 Å². The summed E-state index contributed by atoms with van der Waals surface area (Å²) in [5.74, 6) is 0.212. The van der Waals surface area contributed by atoms with Crippen LogP contribution in [0.1, 0.15) is 47.5 Å². The predicted octanol–water partition coefficient (Wildman–Crippen LogP) is 1.48. The van der Waals surface area contributed by atoms with Crippen LogP contribution in [0.2, 0.25) is 0 Å². The zero-order chi connectivity index (χ0) is 12.8. The van der Waals surface area contributed by atoms with Crippen molar-refractivity contribution in [3.8, 4) is 0 Å². The fourth-order valence-corrected chi connectivity index (χ4v) is 2.94. The second-order valence-electron chi connectivity index (χ2n) is 5.49. The first-order valence-corrected chi connectivity index (χ1v) is 7.53. The fourth-order valence-electron chi connectivity index (χ4n) is 1.33. The van der Waals surface area contributed by atoms with Gasteiger partial charge in [0.1, 0.15) is 0 Å². The second kappa shape index (κ2) is 6.57. The van der Waals surface area contributed by atoms with E-state index in [1.165, 1.54) is 0 Å². The van der Waals surface area contributed by atoms with Crippen molar-refractivity contribution in [2.75, 3.05) is 12.3 Å². The Morgan fingerprint density at radius 2 is 1.69 bits per heavy atom. The van der Waals surface area contributed by atoms with Gasteiger partial charge >= 0.3 is 0 Å². The first-order valence-electron chi connectivity index (χ1n) is 5.87. The van der Waals surface area contributed by atoms with Gasteiger partial charge in [0.25, 0.3) is 0 Å². The van der Waals surface area contributed by atoms with Crippen molar-refractivity contribution >= 4 is 10.0 Å². The van der Waals surface area contributed by atoms with E-state index in [0.29, 0.717) is 12.5 Å². The summed E-state index contributed by atoms with van der Waals surface area (Å²) in [5, 5.41) is 3.26. The van der Waals surface area contributed by atoms with Crippen molar-refractivity contribution in [2.24, 2.45) is 0 Å². The Balaban J connectivity index is 3.76. The Kier molecular flexibility index (Phi) is 6.51. The van der Waals surface area contributed by atoms with Crippen LogP contribution in [0.3, 0.4) is 0 Å². The molecular weight excluding hydrogens is 224 g/mol. The number of rotatable bonds is 7. The van der Waals surface area contributed by atoms with Crippen LogP contribution >= 0.6 is 0 Å². The number of sulfonamides is 1. The molecule has 0 rings (SSSR count). The highest BCUT2D eigenvalue weighted by molar-refractivity contribution is 7.89. The summed E-state index contributed by atoms with van der Waals surface area (Å²) in [6, 6.07) is 0.462. The molecule has 0 amide bonds. The van der Waals surface area contributed by atoms with Crippen LogP contribution in [0.5, 0.6) is 0 Å². The first kappa shape index (κ1) is 15.9. The lowest BCUT2D eigenvalue weighted by Gasteiger charge is -2.20. The lowest BCUT2D eigenvalue weighted by Crippen LogP contribution is -2.41. The quantitative estimate of drug-likeness (QED) is 0.673. The molecular formula is C11H26N2O2S. The predicted molar refractivity (Wildman–Crippen MR) is 69.0 cm³/mol. The topological polar surface area (TPSA) is 58.2 Å². The van der Waals surface area contributed by atoms with E-state index in [-0.39, 0.29) is 11.3 Å². The van der Waals surface area contributed by atoms with Gasteiger partial charge in [0.2, 0.25) is 10.0 Å². The summed E-state index contributed by atoms with van der Waals surface area (Å²) in [5.41, 5.74) is -0.380. The summed E-state index contributed by atoms with van der Waals surface area (Å²) < 4.78 is 25.9. The molecule has 0 aromatic heterocycles. The molecule has 4 nitrogen and oxygen atoms in total. The van der Waals surface area contributed by atoms with Gasteiger partial charge in [0.05, 0.1) is 5.75 Å². The molecule has 0 aromatic carbocycles. The molecule has 0 aliphatic carbocycles. The monoisotopic (exact) mass is 250 g/mol. The largest absolute Gasteiger partial charge is 0.315 e. The van der Waals surface area contributed by atoms with Gasteiger partial charge in [-0.05, 0) is 40.2 Å². The average molecular weight is 250 g/mol.